The minimum atomic E-state index is 0.377. The van der Waals surface area contributed by atoms with Gasteiger partial charge in [0.05, 0.1) is 5.52 Å². The van der Waals surface area contributed by atoms with E-state index in [0.29, 0.717) is 11.4 Å². The summed E-state index contributed by atoms with van der Waals surface area (Å²) in [5, 5.41) is 4.53. The second kappa shape index (κ2) is 5.25. The predicted octanol–water partition coefficient (Wildman–Crippen LogP) is 2.91. The predicted molar refractivity (Wildman–Crippen MR) is 82.4 cm³/mol. The van der Waals surface area contributed by atoms with Gasteiger partial charge in [0.1, 0.15) is 5.82 Å². The second-order valence-corrected chi connectivity index (χ2v) is 5.93. The maximum atomic E-state index is 5.45. The zero-order chi connectivity index (χ0) is 14.0. The van der Waals surface area contributed by atoms with Gasteiger partial charge in [0.25, 0.3) is 0 Å². The highest BCUT2D eigenvalue weighted by Gasteiger charge is 2.28. The lowest BCUT2D eigenvalue weighted by molar-refractivity contribution is 0.362. The standard InChI is InChI=1S/C15H21N5/c1-15(8-4-5-9-15)10-17-13-11-6-2-3-7-12(11)18-14(19-13)20-16/h2-3,6-7H,4-5,8-10,16H2,1H3,(H2,17,18,19,20). The Hall–Kier alpha value is -1.88. The highest BCUT2D eigenvalue weighted by atomic mass is 15.3. The molecule has 0 saturated heterocycles. The van der Waals surface area contributed by atoms with Gasteiger partial charge < -0.3 is 5.32 Å². The summed E-state index contributed by atoms with van der Waals surface area (Å²) in [4.78, 5) is 8.82. The van der Waals surface area contributed by atoms with Gasteiger partial charge >= 0.3 is 0 Å². The van der Waals surface area contributed by atoms with Gasteiger partial charge in [-0.25, -0.2) is 10.8 Å². The van der Waals surface area contributed by atoms with Crippen molar-refractivity contribution < 1.29 is 0 Å². The number of fused-ring (bicyclic) bond motifs is 1. The summed E-state index contributed by atoms with van der Waals surface area (Å²) in [5.74, 6) is 6.76. The van der Waals surface area contributed by atoms with Crippen LogP contribution in [0.2, 0.25) is 0 Å². The molecule has 2 aromatic rings. The van der Waals surface area contributed by atoms with Crippen LogP contribution in [0.4, 0.5) is 11.8 Å². The minimum Gasteiger partial charge on any atom is -0.369 e. The molecule has 1 fully saturated rings. The fraction of sp³-hybridized carbons (Fsp3) is 0.467. The van der Waals surface area contributed by atoms with Gasteiger partial charge in [-0.2, -0.15) is 4.98 Å². The van der Waals surface area contributed by atoms with Crippen molar-refractivity contribution in [2.75, 3.05) is 17.3 Å². The molecule has 0 bridgehead atoms. The van der Waals surface area contributed by atoms with Gasteiger partial charge in [0.15, 0.2) is 0 Å². The molecule has 5 nitrogen and oxygen atoms in total. The van der Waals surface area contributed by atoms with E-state index in [1.165, 1.54) is 25.7 Å². The van der Waals surface area contributed by atoms with Crippen molar-refractivity contribution in [2.45, 2.75) is 32.6 Å². The lowest BCUT2D eigenvalue weighted by atomic mass is 9.89. The zero-order valence-electron chi connectivity index (χ0n) is 11.8. The number of aromatic nitrogens is 2. The molecule has 5 heteroatoms. The number of benzene rings is 1. The van der Waals surface area contributed by atoms with Crippen LogP contribution < -0.4 is 16.6 Å². The van der Waals surface area contributed by atoms with Gasteiger partial charge in [-0.3, -0.25) is 5.43 Å². The summed E-state index contributed by atoms with van der Waals surface area (Å²) in [7, 11) is 0. The summed E-state index contributed by atoms with van der Waals surface area (Å²) >= 11 is 0. The van der Waals surface area contributed by atoms with Gasteiger partial charge in [-0.15, -0.1) is 0 Å². The fourth-order valence-electron chi connectivity index (χ4n) is 2.98. The van der Waals surface area contributed by atoms with Crippen LogP contribution in [0.3, 0.4) is 0 Å². The van der Waals surface area contributed by atoms with Crippen molar-refractivity contribution >= 4 is 22.7 Å². The Morgan fingerprint density at radius 2 is 1.95 bits per heavy atom. The van der Waals surface area contributed by atoms with E-state index in [1.54, 1.807) is 0 Å². The summed E-state index contributed by atoms with van der Waals surface area (Å²) in [6.07, 6.45) is 5.23. The van der Waals surface area contributed by atoms with Crippen LogP contribution in [0, 0.1) is 5.41 Å². The fourth-order valence-corrected chi connectivity index (χ4v) is 2.98. The molecule has 0 atom stereocenters. The van der Waals surface area contributed by atoms with E-state index in [1.807, 2.05) is 24.3 Å². The first-order valence-corrected chi connectivity index (χ1v) is 7.17. The highest BCUT2D eigenvalue weighted by Crippen LogP contribution is 2.37. The van der Waals surface area contributed by atoms with E-state index in [-0.39, 0.29) is 0 Å². The number of anilines is 2. The molecule has 106 valence electrons. The van der Waals surface area contributed by atoms with E-state index in [2.05, 4.69) is 27.6 Å². The molecule has 1 heterocycles. The van der Waals surface area contributed by atoms with Gasteiger partial charge in [-0.05, 0) is 30.4 Å². The first kappa shape index (κ1) is 13.1. The zero-order valence-corrected chi connectivity index (χ0v) is 11.8. The van der Waals surface area contributed by atoms with Crippen LogP contribution in [0.5, 0.6) is 0 Å². The Labute approximate surface area is 119 Å². The third-order valence-corrected chi connectivity index (χ3v) is 4.23. The Kier molecular flexibility index (Phi) is 3.44. The molecule has 1 aromatic carbocycles. The van der Waals surface area contributed by atoms with Crippen LogP contribution in [-0.2, 0) is 0 Å². The molecule has 1 saturated carbocycles. The normalized spacial score (nSPS) is 17.3. The first-order chi connectivity index (χ1) is 9.70. The summed E-state index contributed by atoms with van der Waals surface area (Å²) < 4.78 is 0. The number of hydrogen-bond donors (Lipinski definition) is 3. The Bertz CT molecular complexity index is 604. The van der Waals surface area contributed by atoms with E-state index < -0.39 is 0 Å². The number of para-hydroxylation sites is 1. The molecule has 0 aliphatic heterocycles. The number of rotatable bonds is 4. The first-order valence-electron chi connectivity index (χ1n) is 7.17. The number of hydrogen-bond acceptors (Lipinski definition) is 5. The van der Waals surface area contributed by atoms with Crippen molar-refractivity contribution in [3.05, 3.63) is 24.3 Å². The van der Waals surface area contributed by atoms with E-state index in [9.17, 15) is 0 Å². The number of nitrogens with one attached hydrogen (secondary N) is 2. The van der Waals surface area contributed by atoms with Crippen molar-refractivity contribution in [1.82, 2.24) is 9.97 Å². The monoisotopic (exact) mass is 271 g/mol. The van der Waals surface area contributed by atoms with E-state index in [4.69, 9.17) is 5.84 Å². The number of nitrogens with two attached hydrogens (primary N) is 1. The Morgan fingerprint density at radius 3 is 2.70 bits per heavy atom. The van der Waals surface area contributed by atoms with Gasteiger partial charge in [0.2, 0.25) is 5.95 Å². The molecule has 0 radical (unpaired) electrons. The van der Waals surface area contributed by atoms with E-state index >= 15 is 0 Å². The molecule has 0 spiro atoms. The molecule has 1 aliphatic rings. The largest absolute Gasteiger partial charge is 0.369 e. The molecule has 0 unspecified atom stereocenters. The van der Waals surface area contributed by atoms with Gasteiger partial charge in [0, 0.05) is 11.9 Å². The van der Waals surface area contributed by atoms with E-state index in [0.717, 1.165) is 23.3 Å². The third-order valence-electron chi connectivity index (χ3n) is 4.23. The smallest absolute Gasteiger partial charge is 0.239 e. The molecule has 0 amide bonds. The molecule has 4 N–H and O–H groups in total. The van der Waals surface area contributed by atoms with Crippen LogP contribution in [0.15, 0.2) is 24.3 Å². The highest BCUT2D eigenvalue weighted by molar-refractivity contribution is 5.89. The third kappa shape index (κ3) is 2.54. The number of nitrogens with zero attached hydrogens (tertiary/aromatic N) is 2. The molecular weight excluding hydrogens is 250 g/mol. The van der Waals surface area contributed by atoms with Crippen LogP contribution >= 0.6 is 0 Å². The molecular formula is C15H21N5. The molecule has 20 heavy (non-hydrogen) atoms. The molecule has 1 aliphatic carbocycles. The summed E-state index contributed by atoms with van der Waals surface area (Å²) in [6, 6.07) is 7.98. The summed E-state index contributed by atoms with van der Waals surface area (Å²) in [6.45, 7) is 3.29. The number of nitrogen functional groups attached to an aromatic ring is 1. The summed E-state index contributed by atoms with van der Waals surface area (Å²) in [5.41, 5.74) is 3.81. The van der Waals surface area contributed by atoms with Crippen molar-refractivity contribution in [1.29, 1.82) is 0 Å². The maximum Gasteiger partial charge on any atom is 0.239 e. The van der Waals surface area contributed by atoms with Crippen LogP contribution in [0.1, 0.15) is 32.6 Å². The minimum absolute atomic E-state index is 0.377. The maximum absolute atomic E-state index is 5.45. The SMILES string of the molecule is CC1(CNc2nc(NN)nc3ccccc23)CCCC1. The average molecular weight is 271 g/mol. The topological polar surface area (TPSA) is 75.9 Å². The quantitative estimate of drug-likeness (QED) is 0.589. The lowest BCUT2D eigenvalue weighted by Crippen LogP contribution is -2.24. The van der Waals surface area contributed by atoms with Crippen LogP contribution in [0.25, 0.3) is 10.9 Å². The average Bonchev–Trinajstić information content (AvgIpc) is 2.91. The number of hydrazine groups is 1. The Morgan fingerprint density at radius 1 is 1.20 bits per heavy atom. The van der Waals surface area contributed by atoms with Crippen LogP contribution in [-0.4, -0.2) is 16.5 Å². The van der Waals surface area contributed by atoms with Crippen molar-refractivity contribution in [2.24, 2.45) is 11.3 Å². The van der Waals surface area contributed by atoms with Crippen molar-refractivity contribution in [3.63, 3.8) is 0 Å². The van der Waals surface area contributed by atoms with Crippen molar-refractivity contribution in [3.8, 4) is 0 Å². The van der Waals surface area contributed by atoms with Gasteiger partial charge in [-0.1, -0.05) is 31.9 Å². The lowest BCUT2D eigenvalue weighted by Gasteiger charge is -2.24. The second-order valence-electron chi connectivity index (χ2n) is 5.93. The molecule has 1 aromatic heterocycles. The Balaban J connectivity index is 1.89. The molecule has 3 rings (SSSR count).